The number of amides is 4. The standard InChI is InChI=1S/C24H20N2O6/c27-19-11-5-10-18(22(29)25-19)26-23(30)17-9-4-8-16(21(17)24(26)31)12-13-20(28)32-14-15-6-2-1-3-7-15/h1-4,6-9,12-13,18H,5,10-11,14H2,(H,25,27,29)/b13-12+/t18-/m0/s1. The van der Waals surface area contributed by atoms with Gasteiger partial charge in [-0.2, -0.15) is 0 Å². The molecule has 1 N–H and O–H groups in total. The van der Waals surface area contributed by atoms with E-state index in [1.165, 1.54) is 18.2 Å². The van der Waals surface area contributed by atoms with E-state index in [-0.39, 0.29) is 30.6 Å². The molecule has 1 atom stereocenters. The normalized spacial score (nSPS) is 18.5. The lowest BCUT2D eigenvalue weighted by Gasteiger charge is -2.23. The molecule has 4 amide bonds. The van der Waals surface area contributed by atoms with E-state index in [9.17, 15) is 24.0 Å². The molecule has 0 unspecified atom stereocenters. The van der Waals surface area contributed by atoms with Crippen molar-refractivity contribution in [3.63, 3.8) is 0 Å². The summed E-state index contributed by atoms with van der Waals surface area (Å²) in [7, 11) is 0. The van der Waals surface area contributed by atoms with Crippen molar-refractivity contribution in [2.24, 2.45) is 0 Å². The third-order valence-electron chi connectivity index (χ3n) is 5.36. The van der Waals surface area contributed by atoms with Gasteiger partial charge in [-0.3, -0.25) is 29.4 Å². The number of nitrogens with zero attached hydrogens (tertiary/aromatic N) is 1. The molecule has 32 heavy (non-hydrogen) atoms. The van der Waals surface area contributed by atoms with Crippen LogP contribution < -0.4 is 5.32 Å². The molecule has 1 fully saturated rings. The number of benzene rings is 2. The summed E-state index contributed by atoms with van der Waals surface area (Å²) in [5, 5.41) is 2.22. The van der Waals surface area contributed by atoms with Crippen molar-refractivity contribution >= 4 is 35.7 Å². The van der Waals surface area contributed by atoms with Crippen molar-refractivity contribution in [3.05, 3.63) is 76.9 Å². The highest BCUT2D eigenvalue weighted by Crippen LogP contribution is 2.30. The molecule has 0 spiro atoms. The Morgan fingerprint density at radius 1 is 1.03 bits per heavy atom. The zero-order chi connectivity index (χ0) is 22.7. The summed E-state index contributed by atoms with van der Waals surface area (Å²) >= 11 is 0. The second-order valence-corrected chi connectivity index (χ2v) is 7.50. The fraction of sp³-hybridized carbons (Fsp3) is 0.208. The topological polar surface area (TPSA) is 110 Å². The van der Waals surface area contributed by atoms with E-state index >= 15 is 0 Å². The molecule has 0 bridgehead atoms. The second kappa shape index (κ2) is 8.97. The molecule has 162 valence electrons. The minimum absolute atomic E-state index is 0.109. The first-order chi connectivity index (χ1) is 15.5. The molecule has 8 nitrogen and oxygen atoms in total. The van der Waals surface area contributed by atoms with Gasteiger partial charge in [-0.15, -0.1) is 0 Å². The van der Waals surface area contributed by atoms with E-state index in [1.807, 2.05) is 30.3 Å². The maximum Gasteiger partial charge on any atom is 0.331 e. The summed E-state index contributed by atoms with van der Waals surface area (Å²) in [4.78, 5) is 63.0. The Morgan fingerprint density at radius 3 is 2.59 bits per heavy atom. The molecular weight excluding hydrogens is 412 g/mol. The van der Waals surface area contributed by atoms with E-state index in [2.05, 4.69) is 5.32 Å². The van der Waals surface area contributed by atoms with Gasteiger partial charge < -0.3 is 4.74 Å². The van der Waals surface area contributed by atoms with Gasteiger partial charge in [-0.1, -0.05) is 42.5 Å². The number of carbonyl (C=O) groups excluding carboxylic acids is 5. The Bertz CT molecular complexity index is 1140. The third-order valence-corrected chi connectivity index (χ3v) is 5.36. The minimum Gasteiger partial charge on any atom is -0.458 e. The molecule has 0 radical (unpaired) electrons. The summed E-state index contributed by atoms with van der Waals surface area (Å²) < 4.78 is 5.20. The van der Waals surface area contributed by atoms with Crippen LogP contribution in [0.3, 0.4) is 0 Å². The van der Waals surface area contributed by atoms with Gasteiger partial charge in [0.15, 0.2) is 0 Å². The Hall–Kier alpha value is -4.07. The van der Waals surface area contributed by atoms with Gasteiger partial charge in [-0.25, -0.2) is 4.79 Å². The van der Waals surface area contributed by atoms with Crippen LogP contribution in [0.4, 0.5) is 0 Å². The van der Waals surface area contributed by atoms with Crippen LogP contribution in [0.25, 0.3) is 6.08 Å². The number of fused-ring (bicyclic) bond motifs is 1. The number of ether oxygens (including phenoxy) is 1. The van der Waals surface area contributed by atoms with Crippen LogP contribution in [0.5, 0.6) is 0 Å². The van der Waals surface area contributed by atoms with E-state index in [0.29, 0.717) is 12.0 Å². The Morgan fingerprint density at radius 2 is 1.81 bits per heavy atom. The van der Waals surface area contributed by atoms with Gasteiger partial charge >= 0.3 is 5.97 Å². The molecular formula is C24H20N2O6. The Balaban J connectivity index is 1.53. The quantitative estimate of drug-likeness (QED) is 0.441. The molecule has 2 aliphatic heterocycles. The van der Waals surface area contributed by atoms with Crippen LogP contribution in [-0.2, 0) is 25.7 Å². The van der Waals surface area contributed by atoms with Crippen LogP contribution in [0, 0.1) is 0 Å². The van der Waals surface area contributed by atoms with Crippen LogP contribution in [0.2, 0.25) is 0 Å². The third kappa shape index (κ3) is 4.20. The largest absolute Gasteiger partial charge is 0.458 e. The lowest BCUT2D eigenvalue weighted by Crippen LogP contribution is -2.49. The van der Waals surface area contributed by atoms with Crippen molar-refractivity contribution in [2.75, 3.05) is 0 Å². The lowest BCUT2D eigenvalue weighted by atomic mass is 10.0. The highest BCUT2D eigenvalue weighted by molar-refractivity contribution is 6.24. The monoisotopic (exact) mass is 432 g/mol. The van der Waals surface area contributed by atoms with Crippen molar-refractivity contribution in [2.45, 2.75) is 31.9 Å². The Kier molecular flexibility index (Phi) is 5.93. The van der Waals surface area contributed by atoms with Gasteiger partial charge in [-0.05, 0) is 36.1 Å². The lowest BCUT2D eigenvalue weighted by molar-refractivity contribution is -0.139. The van der Waals surface area contributed by atoms with E-state index in [1.54, 1.807) is 12.1 Å². The molecule has 1 saturated heterocycles. The zero-order valence-electron chi connectivity index (χ0n) is 17.1. The van der Waals surface area contributed by atoms with Crippen LogP contribution in [0.1, 0.15) is 51.1 Å². The number of rotatable bonds is 5. The van der Waals surface area contributed by atoms with Crippen LogP contribution >= 0.6 is 0 Å². The summed E-state index contributed by atoms with van der Waals surface area (Å²) in [5.74, 6) is -2.91. The molecule has 2 aromatic carbocycles. The molecule has 2 aromatic rings. The molecule has 4 rings (SSSR count). The average Bonchev–Trinajstić information content (AvgIpc) is 2.93. The maximum atomic E-state index is 13.1. The number of carbonyl (C=O) groups is 5. The molecule has 0 aromatic heterocycles. The highest BCUT2D eigenvalue weighted by atomic mass is 16.5. The first-order valence-electron chi connectivity index (χ1n) is 10.2. The van der Waals surface area contributed by atoms with Crippen molar-refractivity contribution in [1.82, 2.24) is 10.2 Å². The fourth-order valence-corrected chi connectivity index (χ4v) is 3.80. The van der Waals surface area contributed by atoms with Crippen LogP contribution in [0.15, 0.2) is 54.6 Å². The smallest absolute Gasteiger partial charge is 0.331 e. The fourth-order valence-electron chi connectivity index (χ4n) is 3.80. The number of hydrogen-bond donors (Lipinski definition) is 1. The maximum absolute atomic E-state index is 13.1. The number of esters is 1. The van der Waals surface area contributed by atoms with E-state index in [0.717, 1.165) is 10.5 Å². The average molecular weight is 432 g/mol. The SMILES string of the molecule is O=C1CCC[C@H](N2C(=O)c3cccc(/C=C/C(=O)OCc4ccccc4)c3C2=O)C(=O)N1. The first-order valence-corrected chi connectivity index (χ1v) is 10.2. The summed E-state index contributed by atoms with van der Waals surface area (Å²) in [5.41, 5.74) is 1.47. The van der Waals surface area contributed by atoms with Crippen LogP contribution in [-0.4, -0.2) is 40.5 Å². The minimum atomic E-state index is -1.05. The predicted octanol–water partition coefficient (Wildman–Crippen LogP) is 2.23. The summed E-state index contributed by atoms with van der Waals surface area (Å²) in [6, 6.07) is 12.8. The van der Waals surface area contributed by atoms with Gasteiger partial charge in [0, 0.05) is 12.5 Å². The van der Waals surface area contributed by atoms with Gasteiger partial charge in [0.2, 0.25) is 11.8 Å². The molecule has 0 aliphatic carbocycles. The molecule has 2 heterocycles. The van der Waals surface area contributed by atoms with Gasteiger partial charge in [0.05, 0.1) is 11.1 Å². The number of imide groups is 2. The number of hydrogen-bond acceptors (Lipinski definition) is 6. The van der Waals surface area contributed by atoms with E-state index in [4.69, 9.17) is 4.74 Å². The van der Waals surface area contributed by atoms with Crippen molar-refractivity contribution < 1.29 is 28.7 Å². The summed E-state index contributed by atoms with van der Waals surface area (Å²) in [6.07, 6.45) is 3.35. The van der Waals surface area contributed by atoms with Crippen molar-refractivity contribution in [3.8, 4) is 0 Å². The first kappa shape index (κ1) is 21.2. The predicted molar refractivity (Wildman–Crippen MR) is 113 cm³/mol. The molecule has 0 saturated carbocycles. The Labute approximate surface area is 183 Å². The van der Waals surface area contributed by atoms with E-state index < -0.39 is 35.6 Å². The highest BCUT2D eigenvalue weighted by Gasteiger charge is 2.44. The molecule has 8 heteroatoms. The zero-order valence-corrected chi connectivity index (χ0v) is 17.1. The van der Waals surface area contributed by atoms with Crippen molar-refractivity contribution in [1.29, 1.82) is 0 Å². The summed E-state index contributed by atoms with van der Waals surface area (Å²) in [6.45, 7) is 0.109. The van der Waals surface area contributed by atoms with Gasteiger partial charge in [0.1, 0.15) is 12.6 Å². The molecule has 2 aliphatic rings. The second-order valence-electron chi connectivity index (χ2n) is 7.50. The van der Waals surface area contributed by atoms with Gasteiger partial charge in [0.25, 0.3) is 11.8 Å². The number of nitrogens with one attached hydrogen (secondary N) is 1.